The molecule has 1 amide bonds. The third-order valence-corrected chi connectivity index (χ3v) is 3.20. The lowest BCUT2D eigenvalue weighted by molar-refractivity contribution is -0.123. The molecule has 0 radical (unpaired) electrons. The smallest absolute Gasteiger partial charge is 0.262 e. The maximum absolute atomic E-state index is 13.0. The summed E-state index contributed by atoms with van der Waals surface area (Å²) in [5.41, 5.74) is 1.92. The van der Waals surface area contributed by atoms with Gasteiger partial charge in [0, 0.05) is 20.1 Å². The zero-order valence-corrected chi connectivity index (χ0v) is 11.3. The highest BCUT2D eigenvalue weighted by atomic mass is 19.3. The van der Waals surface area contributed by atoms with Crippen molar-refractivity contribution in [2.24, 2.45) is 0 Å². The van der Waals surface area contributed by atoms with Gasteiger partial charge in [0.2, 0.25) is 5.91 Å². The molecule has 0 aliphatic carbocycles. The van der Waals surface area contributed by atoms with Crippen molar-refractivity contribution >= 4 is 5.91 Å². The Balaban J connectivity index is 1.86. The molecule has 6 heteroatoms. The standard InChI is InChI=1S/C14H18F2N2O2/c1-20-8-11-4-2-3-10(5-11)7-17-13(19)12-6-14(15,16)9-18-12/h2-5,12,18H,6-9H2,1H3,(H,17,19). The van der Waals surface area contributed by atoms with Crippen LogP contribution < -0.4 is 10.6 Å². The number of halogens is 2. The second kappa shape index (κ2) is 6.28. The van der Waals surface area contributed by atoms with Crippen molar-refractivity contribution in [2.45, 2.75) is 31.5 Å². The second-order valence-corrected chi connectivity index (χ2v) is 4.96. The Bertz CT molecular complexity index is 480. The number of carbonyl (C=O) groups is 1. The highest BCUT2D eigenvalue weighted by Crippen LogP contribution is 2.25. The first-order chi connectivity index (χ1) is 9.50. The van der Waals surface area contributed by atoms with Gasteiger partial charge in [-0.15, -0.1) is 0 Å². The van der Waals surface area contributed by atoms with Crippen LogP contribution in [0.3, 0.4) is 0 Å². The topological polar surface area (TPSA) is 50.4 Å². The van der Waals surface area contributed by atoms with Gasteiger partial charge in [0.1, 0.15) is 0 Å². The molecule has 4 nitrogen and oxygen atoms in total. The van der Waals surface area contributed by atoms with Crippen LogP contribution >= 0.6 is 0 Å². The van der Waals surface area contributed by atoms with Crippen LogP contribution in [0.1, 0.15) is 17.5 Å². The Morgan fingerprint density at radius 1 is 1.50 bits per heavy atom. The predicted molar refractivity (Wildman–Crippen MR) is 70.4 cm³/mol. The van der Waals surface area contributed by atoms with Gasteiger partial charge < -0.3 is 10.1 Å². The molecule has 0 saturated carbocycles. The van der Waals surface area contributed by atoms with Crippen LogP contribution in [-0.2, 0) is 22.7 Å². The van der Waals surface area contributed by atoms with Crippen LogP contribution in [0.15, 0.2) is 24.3 Å². The molecule has 2 rings (SSSR count). The Kier molecular flexibility index (Phi) is 4.67. The third kappa shape index (κ3) is 3.98. The van der Waals surface area contributed by atoms with E-state index in [1.807, 2.05) is 24.3 Å². The largest absolute Gasteiger partial charge is 0.380 e. The van der Waals surface area contributed by atoms with Gasteiger partial charge in [-0.25, -0.2) is 8.78 Å². The first-order valence-electron chi connectivity index (χ1n) is 6.46. The molecule has 1 aromatic rings. The number of hydrogen-bond acceptors (Lipinski definition) is 3. The molecule has 1 aliphatic rings. The Morgan fingerprint density at radius 2 is 2.25 bits per heavy atom. The lowest BCUT2D eigenvalue weighted by Crippen LogP contribution is -2.40. The maximum Gasteiger partial charge on any atom is 0.262 e. The third-order valence-electron chi connectivity index (χ3n) is 3.20. The molecule has 1 atom stereocenters. The summed E-state index contributed by atoms with van der Waals surface area (Å²) in [5, 5.41) is 5.20. The SMILES string of the molecule is COCc1cccc(CNC(=O)C2CC(F)(F)CN2)c1. The van der Waals surface area contributed by atoms with E-state index >= 15 is 0 Å². The van der Waals surface area contributed by atoms with Crippen molar-refractivity contribution in [3.8, 4) is 0 Å². The molecule has 20 heavy (non-hydrogen) atoms. The molecular formula is C14H18F2N2O2. The van der Waals surface area contributed by atoms with Gasteiger partial charge in [-0.1, -0.05) is 24.3 Å². The Labute approximate surface area is 116 Å². The van der Waals surface area contributed by atoms with Crippen LogP contribution in [-0.4, -0.2) is 31.5 Å². The van der Waals surface area contributed by atoms with Crippen LogP contribution in [0.5, 0.6) is 0 Å². The summed E-state index contributed by atoms with van der Waals surface area (Å²) in [6.45, 7) is 0.382. The first-order valence-corrected chi connectivity index (χ1v) is 6.46. The van der Waals surface area contributed by atoms with Crippen molar-refractivity contribution < 1.29 is 18.3 Å². The summed E-state index contributed by atoms with van der Waals surface area (Å²) in [6.07, 6.45) is -0.442. The number of methoxy groups -OCH3 is 1. The van der Waals surface area contributed by atoms with Gasteiger partial charge >= 0.3 is 0 Å². The zero-order chi connectivity index (χ0) is 14.6. The molecule has 1 heterocycles. The number of ether oxygens (including phenoxy) is 1. The predicted octanol–water partition coefficient (Wildman–Crippen LogP) is 1.45. The second-order valence-electron chi connectivity index (χ2n) is 4.96. The van der Waals surface area contributed by atoms with Gasteiger partial charge in [-0.3, -0.25) is 10.1 Å². The average Bonchev–Trinajstić information content (AvgIpc) is 2.77. The van der Waals surface area contributed by atoms with Crippen LogP contribution in [0.2, 0.25) is 0 Å². The van der Waals surface area contributed by atoms with Crippen LogP contribution in [0, 0.1) is 0 Å². The molecule has 1 aromatic carbocycles. The number of alkyl halides is 2. The molecule has 0 aromatic heterocycles. The van der Waals surface area contributed by atoms with Gasteiger partial charge in [0.05, 0.1) is 19.2 Å². The van der Waals surface area contributed by atoms with E-state index in [4.69, 9.17) is 4.74 Å². The normalized spacial score (nSPS) is 20.9. The number of amides is 1. The number of carbonyl (C=O) groups excluding carboxylic acids is 1. The number of nitrogens with one attached hydrogen (secondary N) is 2. The molecule has 0 bridgehead atoms. The van der Waals surface area contributed by atoms with E-state index in [2.05, 4.69) is 10.6 Å². The van der Waals surface area contributed by atoms with Gasteiger partial charge in [-0.05, 0) is 11.1 Å². The maximum atomic E-state index is 13.0. The summed E-state index contributed by atoms with van der Waals surface area (Å²) in [5.74, 6) is -3.18. The minimum atomic E-state index is -2.79. The molecule has 110 valence electrons. The molecule has 2 N–H and O–H groups in total. The summed E-state index contributed by atoms with van der Waals surface area (Å²) in [6, 6.07) is 6.77. The minimum absolute atomic E-state index is 0.320. The van der Waals surface area contributed by atoms with Gasteiger partial charge in [0.15, 0.2) is 0 Å². The molecule has 1 saturated heterocycles. The average molecular weight is 284 g/mol. The highest BCUT2D eigenvalue weighted by Gasteiger charge is 2.42. The van der Waals surface area contributed by atoms with Crippen molar-refractivity contribution in [2.75, 3.05) is 13.7 Å². The van der Waals surface area contributed by atoms with E-state index in [9.17, 15) is 13.6 Å². The fourth-order valence-corrected chi connectivity index (χ4v) is 2.21. The van der Waals surface area contributed by atoms with Crippen LogP contribution in [0.4, 0.5) is 8.78 Å². The first kappa shape index (κ1) is 14.9. The Morgan fingerprint density at radius 3 is 2.90 bits per heavy atom. The lowest BCUT2D eigenvalue weighted by atomic mass is 10.1. The van der Waals surface area contributed by atoms with E-state index in [1.165, 1.54) is 0 Å². The number of rotatable bonds is 5. The molecule has 1 aliphatic heterocycles. The van der Waals surface area contributed by atoms with Crippen LogP contribution in [0.25, 0.3) is 0 Å². The summed E-state index contributed by atoms with van der Waals surface area (Å²) >= 11 is 0. The zero-order valence-electron chi connectivity index (χ0n) is 11.3. The number of benzene rings is 1. The van der Waals surface area contributed by atoms with E-state index in [0.717, 1.165) is 11.1 Å². The molecule has 1 fully saturated rings. The van der Waals surface area contributed by atoms with E-state index in [0.29, 0.717) is 13.2 Å². The quantitative estimate of drug-likeness (QED) is 0.860. The minimum Gasteiger partial charge on any atom is -0.380 e. The molecule has 1 unspecified atom stereocenters. The molecular weight excluding hydrogens is 266 g/mol. The van der Waals surface area contributed by atoms with Gasteiger partial charge in [0.25, 0.3) is 5.92 Å². The van der Waals surface area contributed by atoms with Crippen molar-refractivity contribution in [1.82, 2.24) is 10.6 Å². The van der Waals surface area contributed by atoms with Gasteiger partial charge in [-0.2, -0.15) is 0 Å². The van der Waals surface area contributed by atoms with E-state index in [1.54, 1.807) is 7.11 Å². The number of hydrogen-bond donors (Lipinski definition) is 2. The fourth-order valence-electron chi connectivity index (χ4n) is 2.21. The summed E-state index contributed by atoms with van der Waals surface area (Å²) < 4.78 is 31.0. The summed E-state index contributed by atoms with van der Waals surface area (Å²) in [4.78, 5) is 11.8. The summed E-state index contributed by atoms with van der Waals surface area (Å²) in [7, 11) is 1.61. The van der Waals surface area contributed by atoms with E-state index < -0.39 is 24.9 Å². The van der Waals surface area contributed by atoms with Crippen molar-refractivity contribution in [3.05, 3.63) is 35.4 Å². The monoisotopic (exact) mass is 284 g/mol. The molecule has 0 spiro atoms. The van der Waals surface area contributed by atoms with Crippen molar-refractivity contribution in [3.63, 3.8) is 0 Å². The Hall–Kier alpha value is -1.53. The van der Waals surface area contributed by atoms with Crippen molar-refractivity contribution in [1.29, 1.82) is 0 Å². The fraction of sp³-hybridized carbons (Fsp3) is 0.500. The lowest BCUT2D eigenvalue weighted by Gasteiger charge is -2.11. The van der Waals surface area contributed by atoms with E-state index in [-0.39, 0.29) is 5.91 Å². The highest BCUT2D eigenvalue weighted by molar-refractivity contribution is 5.82.